The SMILES string of the molecule is CCc1nc(NC(=O)/C=C/c2ccc(OC(C)C)c(OC)c2)sc1C(=O)OC. The first-order valence-corrected chi connectivity index (χ1v) is 9.61. The highest BCUT2D eigenvalue weighted by Gasteiger charge is 2.18. The Hall–Kier alpha value is -2.87. The topological polar surface area (TPSA) is 86.8 Å². The number of methoxy groups -OCH3 is 2. The molecule has 0 aliphatic heterocycles. The zero-order valence-corrected chi connectivity index (χ0v) is 17.4. The predicted molar refractivity (Wildman–Crippen MR) is 109 cm³/mol. The van der Waals surface area contributed by atoms with Gasteiger partial charge in [0.05, 0.1) is 26.0 Å². The molecule has 2 rings (SSSR count). The van der Waals surface area contributed by atoms with E-state index in [0.29, 0.717) is 33.6 Å². The summed E-state index contributed by atoms with van der Waals surface area (Å²) in [5.41, 5.74) is 1.38. The van der Waals surface area contributed by atoms with Gasteiger partial charge in [-0.1, -0.05) is 24.3 Å². The Balaban J connectivity index is 2.10. The normalized spacial score (nSPS) is 10.9. The van der Waals surface area contributed by atoms with E-state index < -0.39 is 5.97 Å². The number of hydrogen-bond acceptors (Lipinski definition) is 7. The molecule has 8 heteroatoms. The van der Waals surface area contributed by atoms with E-state index >= 15 is 0 Å². The monoisotopic (exact) mass is 404 g/mol. The number of thiazole rings is 1. The second-order valence-corrected chi connectivity index (χ2v) is 7.04. The summed E-state index contributed by atoms with van der Waals surface area (Å²) in [5, 5.41) is 3.02. The highest BCUT2D eigenvalue weighted by molar-refractivity contribution is 7.17. The fourth-order valence-electron chi connectivity index (χ4n) is 2.36. The predicted octanol–water partition coefficient (Wildman–Crippen LogP) is 3.94. The number of anilines is 1. The van der Waals surface area contributed by atoms with Crippen molar-refractivity contribution in [2.24, 2.45) is 0 Å². The fraction of sp³-hybridized carbons (Fsp3) is 0.350. The number of amides is 1. The van der Waals surface area contributed by atoms with Crippen LogP contribution in [0, 0.1) is 0 Å². The van der Waals surface area contributed by atoms with Crippen molar-refractivity contribution in [3.05, 3.63) is 40.4 Å². The largest absolute Gasteiger partial charge is 0.493 e. The van der Waals surface area contributed by atoms with Crippen LogP contribution in [-0.4, -0.2) is 37.2 Å². The van der Waals surface area contributed by atoms with Crippen molar-refractivity contribution < 1.29 is 23.8 Å². The zero-order valence-electron chi connectivity index (χ0n) is 16.6. The maximum atomic E-state index is 12.2. The van der Waals surface area contributed by atoms with E-state index in [0.717, 1.165) is 16.9 Å². The first-order valence-electron chi connectivity index (χ1n) is 8.79. The fourth-order valence-corrected chi connectivity index (χ4v) is 3.33. The van der Waals surface area contributed by atoms with Crippen LogP contribution in [0.3, 0.4) is 0 Å². The molecular weight excluding hydrogens is 380 g/mol. The lowest BCUT2D eigenvalue weighted by molar-refractivity contribution is -0.111. The van der Waals surface area contributed by atoms with Crippen molar-refractivity contribution in [3.63, 3.8) is 0 Å². The molecule has 0 saturated carbocycles. The molecule has 0 saturated heterocycles. The smallest absolute Gasteiger partial charge is 0.350 e. The number of ether oxygens (including phenoxy) is 3. The van der Waals surface area contributed by atoms with Crippen molar-refractivity contribution in [2.75, 3.05) is 19.5 Å². The van der Waals surface area contributed by atoms with Crippen LogP contribution in [0.15, 0.2) is 24.3 Å². The molecule has 0 fully saturated rings. The van der Waals surface area contributed by atoms with E-state index in [1.54, 1.807) is 25.3 Å². The number of aromatic nitrogens is 1. The standard InChI is InChI=1S/C20H24N2O5S/c1-6-14-18(19(24)26-5)28-20(21-14)22-17(23)10-8-13-7-9-15(27-12(2)3)16(11-13)25-4/h7-12H,6H2,1-5H3,(H,21,22,23)/b10-8+. The molecule has 150 valence electrons. The highest BCUT2D eigenvalue weighted by Crippen LogP contribution is 2.29. The summed E-state index contributed by atoms with van der Waals surface area (Å²) in [6.45, 7) is 5.75. The van der Waals surface area contributed by atoms with Crippen molar-refractivity contribution in [1.82, 2.24) is 4.98 Å². The third-order valence-corrected chi connectivity index (χ3v) is 4.60. The lowest BCUT2D eigenvalue weighted by atomic mass is 10.2. The number of nitrogens with one attached hydrogen (secondary N) is 1. The number of rotatable bonds is 8. The second kappa shape index (κ2) is 9.89. The van der Waals surface area contributed by atoms with Crippen molar-refractivity contribution in [1.29, 1.82) is 0 Å². The van der Waals surface area contributed by atoms with Gasteiger partial charge in [-0.05, 0) is 44.0 Å². The maximum Gasteiger partial charge on any atom is 0.350 e. The second-order valence-electron chi connectivity index (χ2n) is 6.04. The van der Waals surface area contributed by atoms with E-state index in [4.69, 9.17) is 14.2 Å². The average molecular weight is 404 g/mol. The quantitative estimate of drug-likeness (QED) is 0.530. The summed E-state index contributed by atoms with van der Waals surface area (Å²) in [6, 6.07) is 5.42. The first-order chi connectivity index (χ1) is 13.4. The molecule has 28 heavy (non-hydrogen) atoms. The van der Waals surface area contributed by atoms with Crippen molar-refractivity contribution >= 4 is 34.4 Å². The number of aryl methyl sites for hydroxylation is 1. The summed E-state index contributed by atoms with van der Waals surface area (Å²) in [5.74, 6) is 0.422. The van der Waals surface area contributed by atoms with Gasteiger partial charge in [0.2, 0.25) is 5.91 Å². The third kappa shape index (κ3) is 5.56. The van der Waals surface area contributed by atoms with Gasteiger partial charge in [0, 0.05) is 6.08 Å². The van der Waals surface area contributed by atoms with Gasteiger partial charge in [-0.15, -0.1) is 0 Å². The minimum absolute atomic E-state index is 0.0299. The van der Waals surface area contributed by atoms with E-state index in [2.05, 4.69) is 10.3 Å². The third-order valence-electron chi connectivity index (χ3n) is 3.61. The average Bonchev–Trinajstić information content (AvgIpc) is 3.08. The molecule has 0 unspecified atom stereocenters. The lowest BCUT2D eigenvalue weighted by Gasteiger charge is -2.13. The Morgan fingerprint density at radius 3 is 2.61 bits per heavy atom. The van der Waals surface area contributed by atoms with E-state index in [-0.39, 0.29) is 12.0 Å². The van der Waals surface area contributed by atoms with Gasteiger partial charge >= 0.3 is 5.97 Å². The zero-order chi connectivity index (χ0) is 20.7. The molecule has 1 heterocycles. The van der Waals surface area contributed by atoms with Gasteiger partial charge in [-0.25, -0.2) is 9.78 Å². The van der Waals surface area contributed by atoms with Gasteiger partial charge in [0.15, 0.2) is 16.6 Å². The molecule has 2 aromatic rings. The Labute approximate surface area is 168 Å². The van der Waals surface area contributed by atoms with Gasteiger partial charge < -0.3 is 14.2 Å². The summed E-state index contributed by atoms with van der Waals surface area (Å²) in [4.78, 5) is 28.6. The van der Waals surface area contributed by atoms with Crippen molar-refractivity contribution in [3.8, 4) is 11.5 Å². The number of carbonyl (C=O) groups is 2. The van der Waals surface area contributed by atoms with Crippen molar-refractivity contribution in [2.45, 2.75) is 33.3 Å². The van der Waals surface area contributed by atoms with Crippen LogP contribution in [0.1, 0.15) is 41.7 Å². The Morgan fingerprint density at radius 2 is 2.00 bits per heavy atom. The van der Waals surface area contributed by atoms with Crippen LogP contribution in [0.2, 0.25) is 0 Å². The molecule has 1 aromatic carbocycles. The molecule has 0 aliphatic carbocycles. The minimum atomic E-state index is -0.457. The molecule has 1 N–H and O–H groups in total. The number of benzene rings is 1. The molecule has 0 aliphatic rings. The molecular formula is C20H24N2O5S. The number of carbonyl (C=O) groups excluding carboxylic acids is 2. The Kier molecular flexibility index (Phi) is 7.57. The van der Waals surface area contributed by atoms with Crippen LogP contribution >= 0.6 is 11.3 Å². The molecule has 0 spiro atoms. The van der Waals surface area contributed by atoms with E-state index in [1.807, 2.05) is 26.8 Å². The minimum Gasteiger partial charge on any atom is -0.493 e. The first kappa shape index (κ1) is 21.4. The maximum absolute atomic E-state index is 12.2. The van der Waals surface area contributed by atoms with E-state index in [1.165, 1.54) is 13.2 Å². The van der Waals surface area contributed by atoms with Crippen LogP contribution < -0.4 is 14.8 Å². The Bertz CT molecular complexity index is 873. The summed E-state index contributed by atoms with van der Waals surface area (Å²) in [6.07, 6.45) is 3.65. The molecule has 7 nitrogen and oxygen atoms in total. The number of nitrogens with zero attached hydrogens (tertiary/aromatic N) is 1. The van der Waals surface area contributed by atoms with Crippen LogP contribution in [-0.2, 0) is 16.0 Å². The van der Waals surface area contributed by atoms with E-state index in [9.17, 15) is 9.59 Å². The van der Waals surface area contributed by atoms with Crippen LogP contribution in [0.5, 0.6) is 11.5 Å². The Morgan fingerprint density at radius 1 is 1.25 bits per heavy atom. The number of hydrogen-bond donors (Lipinski definition) is 1. The lowest BCUT2D eigenvalue weighted by Crippen LogP contribution is -2.07. The van der Waals surface area contributed by atoms with Gasteiger partial charge in [-0.2, -0.15) is 0 Å². The van der Waals surface area contributed by atoms with Gasteiger partial charge in [0.1, 0.15) is 4.88 Å². The van der Waals surface area contributed by atoms with Crippen LogP contribution in [0.4, 0.5) is 5.13 Å². The molecule has 0 radical (unpaired) electrons. The molecule has 1 amide bonds. The summed E-state index contributed by atoms with van der Waals surface area (Å²) in [7, 11) is 2.88. The highest BCUT2D eigenvalue weighted by atomic mass is 32.1. The summed E-state index contributed by atoms with van der Waals surface area (Å²) >= 11 is 1.09. The number of esters is 1. The molecule has 0 bridgehead atoms. The summed E-state index contributed by atoms with van der Waals surface area (Å²) < 4.78 is 15.8. The van der Waals surface area contributed by atoms with Crippen LogP contribution in [0.25, 0.3) is 6.08 Å². The molecule has 0 atom stereocenters. The van der Waals surface area contributed by atoms with Gasteiger partial charge in [0.25, 0.3) is 0 Å². The molecule has 1 aromatic heterocycles. The van der Waals surface area contributed by atoms with Gasteiger partial charge in [-0.3, -0.25) is 10.1 Å².